The number of benzene rings is 1. The van der Waals surface area contributed by atoms with Gasteiger partial charge in [-0.15, -0.1) is 5.73 Å². The molecule has 0 spiro atoms. The lowest BCUT2D eigenvalue weighted by Crippen LogP contribution is -2.24. The van der Waals surface area contributed by atoms with Crippen LogP contribution in [0.1, 0.15) is 50.5 Å². The first kappa shape index (κ1) is 21.7. The SMILES string of the molecule is COc1cccc(C[C@H](O)C=C=C2CCC(=O)N2CCCCCCC(=O)O)c1. The molecule has 1 fully saturated rings. The van der Waals surface area contributed by atoms with Crippen LogP contribution in [0.5, 0.6) is 5.75 Å². The van der Waals surface area contributed by atoms with Gasteiger partial charge in [-0.25, -0.2) is 0 Å². The van der Waals surface area contributed by atoms with Gasteiger partial charge in [0, 0.05) is 32.2 Å². The first-order chi connectivity index (χ1) is 13.5. The predicted octanol–water partition coefficient (Wildman–Crippen LogP) is 3.30. The Balaban J connectivity index is 1.87. The minimum atomic E-state index is -0.766. The van der Waals surface area contributed by atoms with Gasteiger partial charge in [0.05, 0.1) is 18.9 Å². The Kier molecular flexibility index (Phi) is 8.79. The van der Waals surface area contributed by atoms with Crippen molar-refractivity contribution in [3.8, 4) is 5.75 Å². The number of carbonyl (C=O) groups is 2. The lowest BCUT2D eigenvalue weighted by molar-refractivity contribution is -0.137. The minimum Gasteiger partial charge on any atom is -0.497 e. The third-order valence-corrected chi connectivity index (χ3v) is 4.75. The van der Waals surface area contributed by atoms with Crippen molar-refractivity contribution in [1.82, 2.24) is 4.90 Å². The summed E-state index contributed by atoms with van der Waals surface area (Å²) in [6.45, 7) is 0.619. The molecule has 1 amide bonds. The van der Waals surface area contributed by atoms with Crippen LogP contribution in [0.3, 0.4) is 0 Å². The van der Waals surface area contributed by atoms with Crippen LogP contribution in [0.2, 0.25) is 0 Å². The van der Waals surface area contributed by atoms with Gasteiger partial charge < -0.3 is 19.8 Å². The van der Waals surface area contributed by atoms with Crippen molar-refractivity contribution in [2.45, 2.75) is 57.5 Å². The molecule has 152 valence electrons. The number of nitrogens with zero attached hydrogens (tertiary/aromatic N) is 1. The Hall–Kier alpha value is -2.56. The van der Waals surface area contributed by atoms with Gasteiger partial charge in [0.2, 0.25) is 5.91 Å². The molecule has 28 heavy (non-hydrogen) atoms. The van der Waals surface area contributed by atoms with E-state index in [2.05, 4.69) is 5.73 Å². The molecule has 1 aliphatic rings. The summed E-state index contributed by atoms with van der Waals surface area (Å²) < 4.78 is 5.19. The van der Waals surface area contributed by atoms with Crippen molar-refractivity contribution in [2.75, 3.05) is 13.7 Å². The van der Waals surface area contributed by atoms with E-state index in [0.29, 0.717) is 32.2 Å². The van der Waals surface area contributed by atoms with Crippen molar-refractivity contribution < 1.29 is 24.5 Å². The second-order valence-corrected chi connectivity index (χ2v) is 6.98. The molecule has 0 unspecified atom stereocenters. The van der Waals surface area contributed by atoms with Gasteiger partial charge in [0.1, 0.15) is 5.75 Å². The van der Waals surface area contributed by atoms with Crippen LogP contribution in [-0.2, 0) is 16.0 Å². The topological polar surface area (TPSA) is 87.1 Å². The van der Waals surface area contributed by atoms with Gasteiger partial charge in [-0.05, 0) is 36.6 Å². The molecule has 0 radical (unpaired) electrons. The molecule has 1 atom stereocenters. The predicted molar refractivity (Wildman–Crippen MR) is 106 cm³/mol. The molecule has 6 nitrogen and oxygen atoms in total. The van der Waals surface area contributed by atoms with E-state index < -0.39 is 12.1 Å². The molecule has 6 heteroatoms. The summed E-state index contributed by atoms with van der Waals surface area (Å²) in [5, 5.41) is 18.9. The van der Waals surface area contributed by atoms with Crippen LogP contribution >= 0.6 is 0 Å². The Morgan fingerprint density at radius 1 is 1.29 bits per heavy atom. The fourth-order valence-electron chi connectivity index (χ4n) is 3.25. The number of carboxylic acid groups (broad SMARTS) is 1. The van der Waals surface area contributed by atoms with Crippen molar-refractivity contribution in [1.29, 1.82) is 0 Å². The summed E-state index contributed by atoms with van der Waals surface area (Å²) in [6, 6.07) is 7.57. The largest absolute Gasteiger partial charge is 0.497 e. The molecule has 0 bridgehead atoms. The van der Waals surface area contributed by atoms with E-state index >= 15 is 0 Å². The summed E-state index contributed by atoms with van der Waals surface area (Å²) in [7, 11) is 1.61. The molecular weight excluding hydrogens is 358 g/mol. The van der Waals surface area contributed by atoms with Crippen LogP contribution in [0.4, 0.5) is 0 Å². The Bertz CT molecular complexity index is 736. The van der Waals surface area contributed by atoms with E-state index in [-0.39, 0.29) is 12.3 Å². The van der Waals surface area contributed by atoms with E-state index in [1.54, 1.807) is 18.1 Å². The number of aliphatic hydroxyl groups excluding tert-OH is 1. The van der Waals surface area contributed by atoms with Gasteiger partial charge in [0.25, 0.3) is 0 Å². The highest BCUT2D eigenvalue weighted by Gasteiger charge is 2.24. The van der Waals surface area contributed by atoms with E-state index in [1.807, 2.05) is 24.3 Å². The molecule has 0 saturated carbocycles. The lowest BCUT2D eigenvalue weighted by Gasteiger charge is -2.16. The normalized spacial score (nSPS) is 14.7. The molecule has 1 aliphatic heterocycles. The first-order valence-corrected chi connectivity index (χ1v) is 9.78. The number of carboxylic acids is 1. The molecule has 0 aliphatic carbocycles. The minimum absolute atomic E-state index is 0.0868. The molecule has 1 heterocycles. The lowest BCUT2D eigenvalue weighted by atomic mass is 10.1. The number of carbonyl (C=O) groups excluding carboxylic acids is 1. The van der Waals surface area contributed by atoms with Gasteiger partial charge in [-0.1, -0.05) is 25.0 Å². The van der Waals surface area contributed by atoms with Crippen LogP contribution in [0.15, 0.2) is 41.8 Å². The molecule has 2 N–H and O–H groups in total. The number of rotatable bonds is 11. The smallest absolute Gasteiger partial charge is 0.303 e. The second kappa shape index (κ2) is 11.3. The van der Waals surface area contributed by atoms with Crippen LogP contribution in [-0.4, -0.2) is 46.7 Å². The fraction of sp³-hybridized carbons (Fsp3) is 0.500. The van der Waals surface area contributed by atoms with Crippen LogP contribution in [0.25, 0.3) is 0 Å². The Morgan fingerprint density at radius 3 is 2.82 bits per heavy atom. The summed E-state index contributed by atoms with van der Waals surface area (Å²) in [6.07, 6.45) is 5.94. The maximum Gasteiger partial charge on any atom is 0.303 e. The monoisotopic (exact) mass is 387 g/mol. The highest BCUT2D eigenvalue weighted by molar-refractivity contribution is 5.81. The molecule has 1 saturated heterocycles. The second-order valence-electron chi connectivity index (χ2n) is 6.98. The van der Waals surface area contributed by atoms with Crippen molar-refractivity contribution in [3.05, 3.63) is 47.3 Å². The number of aliphatic carboxylic acids is 1. The summed E-state index contributed by atoms with van der Waals surface area (Å²) in [5.41, 5.74) is 4.90. The van der Waals surface area contributed by atoms with E-state index in [1.165, 1.54) is 0 Å². The highest BCUT2D eigenvalue weighted by Crippen LogP contribution is 2.22. The van der Waals surface area contributed by atoms with Crippen LogP contribution in [0, 0.1) is 0 Å². The number of unbranched alkanes of at least 4 members (excludes halogenated alkanes) is 3. The Labute approximate surface area is 166 Å². The van der Waals surface area contributed by atoms with Gasteiger partial charge in [-0.3, -0.25) is 9.59 Å². The van der Waals surface area contributed by atoms with Crippen LogP contribution < -0.4 is 4.74 Å². The van der Waals surface area contributed by atoms with Crippen molar-refractivity contribution in [3.63, 3.8) is 0 Å². The van der Waals surface area contributed by atoms with Crippen molar-refractivity contribution in [2.24, 2.45) is 0 Å². The fourth-order valence-corrected chi connectivity index (χ4v) is 3.25. The van der Waals surface area contributed by atoms with Crippen molar-refractivity contribution >= 4 is 11.9 Å². The number of methoxy groups -OCH3 is 1. The number of hydrogen-bond acceptors (Lipinski definition) is 4. The first-order valence-electron chi connectivity index (χ1n) is 9.78. The molecule has 1 aromatic rings. The zero-order valence-electron chi connectivity index (χ0n) is 16.4. The maximum atomic E-state index is 12.1. The average molecular weight is 387 g/mol. The quantitative estimate of drug-likeness (QED) is 0.449. The molecule has 2 rings (SSSR count). The standard InChI is InChI=1S/C22H29NO5/c1-28-20-8-6-7-17(16-20)15-19(24)12-10-18-11-13-21(25)23(18)14-5-3-2-4-9-22(26)27/h6-8,12,16,19,24H,2-5,9,11,13-15H2,1H3,(H,26,27)/t10?,19-/m1/s1. The summed E-state index contributed by atoms with van der Waals surface area (Å²) in [4.78, 5) is 24.3. The molecule has 0 aromatic heterocycles. The Morgan fingerprint density at radius 2 is 2.07 bits per heavy atom. The van der Waals surface area contributed by atoms with E-state index in [0.717, 1.165) is 36.3 Å². The van der Waals surface area contributed by atoms with Gasteiger partial charge >= 0.3 is 5.97 Å². The van der Waals surface area contributed by atoms with Gasteiger partial charge in [0.15, 0.2) is 0 Å². The number of amides is 1. The molecular formula is C22H29NO5. The number of aliphatic hydroxyl groups is 1. The maximum absolute atomic E-state index is 12.1. The van der Waals surface area contributed by atoms with Gasteiger partial charge in [-0.2, -0.15) is 0 Å². The molecule has 1 aromatic carbocycles. The summed E-state index contributed by atoms with van der Waals surface area (Å²) in [5.74, 6) is 0.0734. The number of hydrogen-bond donors (Lipinski definition) is 2. The zero-order chi connectivity index (χ0) is 20.4. The highest BCUT2D eigenvalue weighted by atomic mass is 16.5. The summed E-state index contributed by atoms with van der Waals surface area (Å²) >= 11 is 0. The van der Waals surface area contributed by atoms with E-state index in [4.69, 9.17) is 9.84 Å². The number of likely N-dealkylation sites (tertiary alicyclic amines) is 1. The van der Waals surface area contributed by atoms with E-state index in [9.17, 15) is 14.7 Å². The average Bonchev–Trinajstić information content (AvgIpc) is 3.02. The third kappa shape index (κ3) is 7.22. The number of ether oxygens (including phenoxy) is 1. The third-order valence-electron chi connectivity index (χ3n) is 4.75. The zero-order valence-corrected chi connectivity index (χ0v) is 16.4.